The van der Waals surface area contributed by atoms with Crippen LogP contribution in [-0.2, 0) is 4.79 Å². The van der Waals surface area contributed by atoms with Crippen molar-refractivity contribution in [2.24, 2.45) is 0 Å². The highest BCUT2D eigenvalue weighted by Crippen LogP contribution is 2.21. The molecular weight excluding hydrogens is 208 g/mol. The molecule has 0 saturated heterocycles. The van der Waals surface area contributed by atoms with Crippen molar-refractivity contribution in [3.05, 3.63) is 23.8 Å². The monoisotopic (exact) mass is 222 g/mol. The van der Waals surface area contributed by atoms with Crippen molar-refractivity contribution >= 4 is 17.4 Å². The Hall–Kier alpha value is -2.04. The first kappa shape index (κ1) is 12.0. The van der Waals surface area contributed by atoms with Crippen molar-refractivity contribution in [1.82, 2.24) is 5.32 Å². The lowest BCUT2D eigenvalue weighted by Crippen LogP contribution is -2.23. The molecule has 0 unspecified atom stereocenters. The molecule has 1 aromatic rings. The van der Waals surface area contributed by atoms with Crippen LogP contribution in [0.3, 0.4) is 0 Å². The zero-order chi connectivity index (χ0) is 12.1. The first-order valence-corrected chi connectivity index (χ1v) is 4.87. The van der Waals surface area contributed by atoms with Crippen LogP contribution in [0.2, 0.25) is 0 Å². The van der Waals surface area contributed by atoms with Crippen molar-refractivity contribution in [3.63, 3.8) is 0 Å². The van der Waals surface area contributed by atoms with Gasteiger partial charge in [-0.2, -0.15) is 0 Å². The third kappa shape index (κ3) is 3.27. The molecule has 0 spiro atoms. The van der Waals surface area contributed by atoms with E-state index in [1.54, 1.807) is 6.07 Å². The predicted octanol–water partition coefficient (Wildman–Crippen LogP) is 0.683. The normalized spacial score (nSPS) is 9.81. The number of nitrogens with two attached hydrogens (primary N) is 1. The Bertz CT molecular complexity index is 416. The number of amides is 1. The molecule has 0 bridgehead atoms. The minimum atomic E-state index is -0.230. The number of carbonyl (C=O) groups is 2. The molecule has 0 heterocycles. The molecule has 86 valence electrons. The lowest BCUT2D eigenvalue weighted by molar-refractivity contribution is -0.118. The minimum Gasteiger partial charge on any atom is -0.507 e. The van der Waals surface area contributed by atoms with Gasteiger partial charge in [-0.25, -0.2) is 0 Å². The summed E-state index contributed by atoms with van der Waals surface area (Å²) in [4.78, 5) is 22.2. The number of hydrogen-bond donors (Lipinski definition) is 3. The first-order valence-electron chi connectivity index (χ1n) is 4.87. The molecule has 0 radical (unpaired) electrons. The summed E-state index contributed by atoms with van der Waals surface area (Å²) < 4.78 is 0. The summed E-state index contributed by atoms with van der Waals surface area (Å²) in [7, 11) is 0. The number of nitrogens with one attached hydrogen (secondary N) is 1. The molecule has 0 fully saturated rings. The van der Waals surface area contributed by atoms with E-state index in [1.807, 2.05) is 0 Å². The molecule has 1 aromatic carbocycles. The van der Waals surface area contributed by atoms with Gasteiger partial charge in [0.15, 0.2) is 5.78 Å². The Morgan fingerprint density at radius 3 is 2.69 bits per heavy atom. The van der Waals surface area contributed by atoms with Crippen LogP contribution in [0, 0.1) is 0 Å². The van der Waals surface area contributed by atoms with Crippen LogP contribution in [-0.4, -0.2) is 23.3 Å². The van der Waals surface area contributed by atoms with Crippen molar-refractivity contribution in [2.45, 2.75) is 13.3 Å². The van der Waals surface area contributed by atoms with E-state index >= 15 is 0 Å². The number of benzene rings is 1. The smallest absolute Gasteiger partial charge is 0.216 e. The van der Waals surface area contributed by atoms with Crippen LogP contribution in [0.5, 0.6) is 5.75 Å². The highest BCUT2D eigenvalue weighted by Gasteiger charge is 2.10. The van der Waals surface area contributed by atoms with Gasteiger partial charge in [0, 0.05) is 31.6 Å². The molecule has 1 rings (SSSR count). The van der Waals surface area contributed by atoms with Crippen LogP contribution in [0.1, 0.15) is 23.7 Å². The highest BCUT2D eigenvalue weighted by molar-refractivity contribution is 5.99. The van der Waals surface area contributed by atoms with Gasteiger partial charge in [-0.3, -0.25) is 9.59 Å². The van der Waals surface area contributed by atoms with Crippen molar-refractivity contribution < 1.29 is 14.7 Å². The maximum Gasteiger partial charge on any atom is 0.216 e. The summed E-state index contributed by atoms with van der Waals surface area (Å²) in [5.74, 6) is -0.548. The average molecular weight is 222 g/mol. The van der Waals surface area contributed by atoms with Crippen molar-refractivity contribution in [1.29, 1.82) is 0 Å². The number of aromatic hydroxyl groups is 1. The van der Waals surface area contributed by atoms with E-state index in [0.29, 0.717) is 5.69 Å². The number of carbonyl (C=O) groups excluding carboxylic acids is 2. The summed E-state index contributed by atoms with van der Waals surface area (Å²) in [6.45, 7) is 1.64. The standard InChI is InChI=1S/C11H14N2O3/c1-7(14)13-5-4-10(15)9-3-2-8(12)6-11(9)16/h2-3,6,16H,4-5,12H2,1H3,(H,13,14). The fourth-order valence-electron chi connectivity index (χ4n) is 1.27. The molecule has 5 nitrogen and oxygen atoms in total. The first-order chi connectivity index (χ1) is 7.50. The molecule has 0 aliphatic carbocycles. The summed E-state index contributed by atoms with van der Waals surface area (Å²) >= 11 is 0. The molecule has 0 aliphatic heterocycles. The van der Waals surface area contributed by atoms with E-state index in [1.165, 1.54) is 19.1 Å². The SMILES string of the molecule is CC(=O)NCCC(=O)c1ccc(N)cc1O. The van der Waals surface area contributed by atoms with Gasteiger partial charge in [-0.05, 0) is 12.1 Å². The number of ketones is 1. The number of phenolic OH excluding ortho intramolecular Hbond substituents is 1. The van der Waals surface area contributed by atoms with E-state index in [2.05, 4.69) is 5.32 Å². The van der Waals surface area contributed by atoms with Crippen LogP contribution in [0.25, 0.3) is 0 Å². The molecule has 5 heteroatoms. The summed E-state index contributed by atoms with van der Waals surface area (Å²) in [6.07, 6.45) is 0.150. The second kappa shape index (κ2) is 5.16. The Morgan fingerprint density at radius 1 is 1.44 bits per heavy atom. The molecule has 16 heavy (non-hydrogen) atoms. The van der Waals surface area contributed by atoms with Crippen molar-refractivity contribution in [2.75, 3.05) is 12.3 Å². The van der Waals surface area contributed by atoms with Gasteiger partial charge in [0.1, 0.15) is 5.75 Å². The summed E-state index contributed by atoms with van der Waals surface area (Å²) in [5, 5.41) is 12.0. The number of Topliss-reactive ketones (excluding diaryl/α,β-unsaturated/α-hetero) is 1. The molecule has 4 N–H and O–H groups in total. The van der Waals surface area contributed by atoms with Gasteiger partial charge in [0.05, 0.1) is 5.56 Å². The Morgan fingerprint density at radius 2 is 2.12 bits per heavy atom. The molecule has 0 saturated carbocycles. The van der Waals surface area contributed by atoms with E-state index in [-0.39, 0.29) is 36.0 Å². The Kier molecular flexibility index (Phi) is 3.88. The third-order valence-corrected chi connectivity index (χ3v) is 2.05. The van der Waals surface area contributed by atoms with E-state index in [4.69, 9.17) is 5.73 Å². The second-order valence-electron chi connectivity index (χ2n) is 3.43. The third-order valence-electron chi connectivity index (χ3n) is 2.05. The van der Waals surface area contributed by atoms with Gasteiger partial charge in [0.2, 0.25) is 5.91 Å². The Labute approximate surface area is 93.3 Å². The summed E-state index contributed by atoms with van der Waals surface area (Å²) in [6, 6.07) is 4.34. The van der Waals surface area contributed by atoms with Crippen LogP contribution < -0.4 is 11.1 Å². The van der Waals surface area contributed by atoms with E-state index in [0.717, 1.165) is 0 Å². The van der Waals surface area contributed by atoms with Gasteiger partial charge in [0.25, 0.3) is 0 Å². The lowest BCUT2D eigenvalue weighted by Gasteiger charge is -2.05. The van der Waals surface area contributed by atoms with Crippen LogP contribution in [0.15, 0.2) is 18.2 Å². The zero-order valence-electron chi connectivity index (χ0n) is 8.99. The lowest BCUT2D eigenvalue weighted by atomic mass is 10.1. The number of nitrogen functional groups attached to an aromatic ring is 1. The van der Waals surface area contributed by atoms with Crippen LogP contribution >= 0.6 is 0 Å². The number of rotatable bonds is 4. The van der Waals surface area contributed by atoms with E-state index < -0.39 is 0 Å². The van der Waals surface area contributed by atoms with E-state index in [9.17, 15) is 14.7 Å². The molecule has 1 amide bonds. The molecular formula is C11H14N2O3. The number of hydrogen-bond acceptors (Lipinski definition) is 4. The molecule has 0 atom stereocenters. The average Bonchev–Trinajstić information content (AvgIpc) is 2.16. The summed E-state index contributed by atoms with van der Waals surface area (Å²) in [5.41, 5.74) is 6.06. The quantitative estimate of drug-likeness (QED) is 0.516. The van der Waals surface area contributed by atoms with Gasteiger partial charge < -0.3 is 16.2 Å². The number of anilines is 1. The maximum atomic E-state index is 11.6. The Balaban J connectivity index is 2.63. The number of phenols is 1. The zero-order valence-corrected chi connectivity index (χ0v) is 8.99. The second-order valence-corrected chi connectivity index (χ2v) is 3.43. The predicted molar refractivity (Wildman–Crippen MR) is 60.2 cm³/mol. The van der Waals surface area contributed by atoms with Crippen LogP contribution in [0.4, 0.5) is 5.69 Å². The largest absolute Gasteiger partial charge is 0.507 e. The maximum absolute atomic E-state index is 11.6. The fourth-order valence-corrected chi connectivity index (χ4v) is 1.27. The molecule has 0 aliphatic rings. The van der Waals surface area contributed by atoms with Gasteiger partial charge >= 0.3 is 0 Å². The topological polar surface area (TPSA) is 92.4 Å². The molecule has 0 aromatic heterocycles. The fraction of sp³-hybridized carbons (Fsp3) is 0.273. The minimum absolute atomic E-state index is 0.132. The van der Waals surface area contributed by atoms with Gasteiger partial charge in [-0.1, -0.05) is 0 Å². The van der Waals surface area contributed by atoms with Gasteiger partial charge in [-0.15, -0.1) is 0 Å². The highest BCUT2D eigenvalue weighted by atomic mass is 16.3. The van der Waals surface area contributed by atoms with Crippen molar-refractivity contribution in [3.8, 4) is 5.75 Å².